The Hall–Kier alpha value is -2.18. The maximum Gasteiger partial charge on any atom is 0.410 e. The van der Waals surface area contributed by atoms with Gasteiger partial charge in [-0.1, -0.05) is 20.8 Å². The average Bonchev–Trinajstić information content (AvgIpc) is 2.25. The monoisotopic (exact) mass is 252 g/mol. The van der Waals surface area contributed by atoms with E-state index in [2.05, 4.69) is 20.6 Å². The molecule has 18 heavy (non-hydrogen) atoms. The van der Waals surface area contributed by atoms with Crippen LogP contribution in [0.3, 0.4) is 0 Å². The number of rotatable bonds is 2. The molecule has 0 radical (unpaired) electrons. The van der Waals surface area contributed by atoms with Crippen molar-refractivity contribution in [2.75, 3.05) is 12.4 Å². The molecule has 1 aromatic rings. The highest BCUT2D eigenvalue weighted by Crippen LogP contribution is 2.22. The molecule has 1 heterocycles. The highest BCUT2D eigenvalue weighted by Gasteiger charge is 2.20. The lowest BCUT2D eigenvalue weighted by Gasteiger charge is -2.18. The molecule has 2 amide bonds. The predicted octanol–water partition coefficient (Wildman–Crippen LogP) is 1.22. The van der Waals surface area contributed by atoms with Crippen molar-refractivity contribution in [3.05, 3.63) is 17.6 Å². The number of anilines is 1. The van der Waals surface area contributed by atoms with Crippen LogP contribution in [-0.4, -0.2) is 34.1 Å². The minimum atomic E-state index is -1.24. The molecule has 3 N–H and O–H groups in total. The van der Waals surface area contributed by atoms with Crippen molar-refractivity contribution in [3.63, 3.8) is 0 Å². The molecule has 0 aliphatic rings. The summed E-state index contributed by atoms with van der Waals surface area (Å²) >= 11 is 0. The number of aromatic nitrogens is 2. The van der Waals surface area contributed by atoms with Gasteiger partial charge in [-0.2, -0.15) is 0 Å². The maximum atomic E-state index is 11.5. The van der Waals surface area contributed by atoms with Crippen molar-refractivity contribution in [3.8, 4) is 0 Å². The van der Waals surface area contributed by atoms with Gasteiger partial charge in [-0.05, 0) is 0 Å². The third-order valence-electron chi connectivity index (χ3n) is 2.16. The molecular formula is C11H16N4O3. The lowest BCUT2D eigenvalue weighted by molar-refractivity contribution is 0.0952. The van der Waals surface area contributed by atoms with E-state index in [1.165, 1.54) is 13.1 Å². The number of nitrogens with zero attached hydrogens (tertiary/aromatic N) is 2. The van der Waals surface area contributed by atoms with Gasteiger partial charge in [0.15, 0.2) is 0 Å². The van der Waals surface area contributed by atoms with E-state index in [0.717, 1.165) is 0 Å². The van der Waals surface area contributed by atoms with Crippen LogP contribution in [0.1, 0.15) is 37.1 Å². The van der Waals surface area contributed by atoms with Gasteiger partial charge in [0.1, 0.15) is 5.82 Å². The first kappa shape index (κ1) is 13.9. The normalized spacial score (nSPS) is 10.9. The fourth-order valence-electron chi connectivity index (χ4n) is 1.22. The Balaban J connectivity index is 3.28. The molecule has 98 valence electrons. The summed E-state index contributed by atoms with van der Waals surface area (Å²) in [6.45, 7) is 5.73. The van der Waals surface area contributed by atoms with E-state index in [-0.39, 0.29) is 17.1 Å². The zero-order valence-electron chi connectivity index (χ0n) is 10.7. The Morgan fingerprint density at radius 1 is 1.28 bits per heavy atom. The summed E-state index contributed by atoms with van der Waals surface area (Å²) in [7, 11) is 1.46. The SMILES string of the molecule is CNC(=O)c1nc(NC(=O)O)cc(C(C)(C)C)n1. The number of carboxylic acid groups (broad SMARTS) is 1. The van der Waals surface area contributed by atoms with Crippen molar-refractivity contribution < 1.29 is 14.7 Å². The van der Waals surface area contributed by atoms with Crippen LogP contribution in [0.5, 0.6) is 0 Å². The molecule has 0 bridgehead atoms. The number of hydrogen-bond acceptors (Lipinski definition) is 4. The molecule has 0 saturated heterocycles. The number of hydrogen-bond donors (Lipinski definition) is 3. The van der Waals surface area contributed by atoms with E-state index < -0.39 is 12.0 Å². The molecular weight excluding hydrogens is 236 g/mol. The highest BCUT2D eigenvalue weighted by atomic mass is 16.4. The third-order valence-corrected chi connectivity index (χ3v) is 2.16. The van der Waals surface area contributed by atoms with Crippen LogP contribution in [0.15, 0.2) is 6.07 Å². The van der Waals surface area contributed by atoms with Crippen molar-refractivity contribution in [1.29, 1.82) is 0 Å². The number of carbonyl (C=O) groups excluding carboxylic acids is 1. The Bertz CT molecular complexity index is 480. The number of amides is 2. The standard InChI is InChI=1S/C11H16N4O3/c1-11(2,3)6-5-7(15-10(17)18)14-8(13-6)9(16)12-4/h5H,1-4H3,(H,12,16)(H,17,18)(H,13,14,15). The molecule has 1 aromatic heterocycles. The van der Waals surface area contributed by atoms with Gasteiger partial charge in [-0.3, -0.25) is 10.1 Å². The van der Waals surface area contributed by atoms with Gasteiger partial charge in [0, 0.05) is 18.5 Å². The van der Waals surface area contributed by atoms with E-state index >= 15 is 0 Å². The van der Waals surface area contributed by atoms with Crippen molar-refractivity contribution in [1.82, 2.24) is 15.3 Å². The number of carbonyl (C=O) groups is 2. The molecule has 0 atom stereocenters. The lowest BCUT2D eigenvalue weighted by atomic mass is 9.92. The quantitative estimate of drug-likeness (QED) is 0.734. The highest BCUT2D eigenvalue weighted by molar-refractivity contribution is 5.91. The summed E-state index contributed by atoms with van der Waals surface area (Å²) in [5.74, 6) is -0.441. The van der Waals surface area contributed by atoms with E-state index in [1.54, 1.807) is 0 Å². The smallest absolute Gasteiger partial charge is 0.410 e. The van der Waals surface area contributed by atoms with Crippen LogP contribution >= 0.6 is 0 Å². The summed E-state index contributed by atoms with van der Waals surface area (Å²) in [6, 6.07) is 1.51. The lowest BCUT2D eigenvalue weighted by Crippen LogP contribution is -2.25. The van der Waals surface area contributed by atoms with Gasteiger partial charge in [-0.15, -0.1) is 0 Å². The molecule has 0 aromatic carbocycles. The van der Waals surface area contributed by atoms with E-state index in [4.69, 9.17) is 5.11 Å². The van der Waals surface area contributed by atoms with Crippen LogP contribution in [0.2, 0.25) is 0 Å². The minimum Gasteiger partial charge on any atom is -0.465 e. The summed E-state index contributed by atoms with van der Waals surface area (Å²) in [5.41, 5.74) is 0.264. The van der Waals surface area contributed by atoms with Gasteiger partial charge in [0.25, 0.3) is 5.91 Å². The van der Waals surface area contributed by atoms with Gasteiger partial charge in [0.05, 0.1) is 5.69 Å². The van der Waals surface area contributed by atoms with Gasteiger partial charge >= 0.3 is 6.09 Å². The maximum absolute atomic E-state index is 11.5. The largest absolute Gasteiger partial charge is 0.465 e. The van der Waals surface area contributed by atoms with Crippen molar-refractivity contribution in [2.45, 2.75) is 26.2 Å². The molecule has 1 rings (SSSR count). The van der Waals surface area contributed by atoms with Crippen molar-refractivity contribution >= 4 is 17.8 Å². The van der Waals surface area contributed by atoms with E-state index in [9.17, 15) is 9.59 Å². The predicted molar refractivity (Wildman–Crippen MR) is 65.8 cm³/mol. The average molecular weight is 252 g/mol. The van der Waals surface area contributed by atoms with Crippen LogP contribution < -0.4 is 10.6 Å². The summed E-state index contributed by atoms with van der Waals surface area (Å²) in [4.78, 5) is 30.1. The van der Waals surface area contributed by atoms with Crippen LogP contribution in [0.25, 0.3) is 0 Å². The summed E-state index contributed by atoms with van der Waals surface area (Å²) in [5, 5.41) is 13.2. The van der Waals surface area contributed by atoms with E-state index in [1.807, 2.05) is 20.8 Å². The Morgan fingerprint density at radius 2 is 1.89 bits per heavy atom. The minimum absolute atomic E-state index is 0.0614. The molecule has 0 saturated carbocycles. The third kappa shape index (κ3) is 3.41. The van der Waals surface area contributed by atoms with Crippen LogP contribution in [0, 0.1) is 0 Å². The zero-order valence-corrected chi connectivity index (χ0v) is 10.7. The second-order valence-corrected chi connectivity index (χ2v) is 4.72. The summed E-state index contributed by atoms with van der Waals surface area (Å²) < 4.78 is 0. The fourth-order valence-corrected chi connectivity index (χ4v) is 1.22. The molecule has 0 aliphatic carbocycles. The first-order valence-electron chi connectivity index (χ1n) is 5.35. The molecule has 0 fully saturated rings. The summed E-state index contributed by atoms with van der Waals surface area (Å²) in [6.07, 6.45) is -1.24. The Labute approximate surface area is 105 Å². The van der Waals surface area contributed by atoms with Crippen LogP contribution in [-0.2, 0) is 5.41 Å². The van der Waals surface area contributed by atoms with E-state index in [0.29, 0.717) is 5.69 Å². The van der Waals surface area contributed by atoms with Gasteiger partial charge in [-0.25, -0.2) is 14.8 Å². The molecule has 7 nitrogen and oxygen atoms in total. The van der Waals surface area contributed by atoms with Crippen LogP contribution in [0.4, 0.5) is 10.6 Å². The molecule has 0 unspecified atom stereocenters. The van der Waals surface area contributed by atoms with Gasteiger partial charge in [0.2, 0.25) is 5.82 Å². The molecule has 7 heteroatoms. The van der Waals surface area contributed by atoms with Gasteiger partial charge < -0.3 is 10.4 Å². The Morgan fingerprint density at radius 3 is 2.33 bits per heavy atom. The van der Waals surface area contributed by atoms with Crippen molar-refractivity contribution in [2.24, 2.45) is 0 Å². The zero-order chi connectivity index (χ0) is 13.9. The first-order chi connectivity index (χ1) is 8.24. The molecule has 0 spiro atoms. The topological polar surface area (TPSA) is 104 Å². The second-order valence-electron chi connectivity index (χ2n) is 4.72. The number of nitrogens with one attached hydrogen (secondary N) is 2. The first-order valence-corrected chi connectivity index (χ1v) is 5.35. The Kier molecular flexibility index (Phi) is 3.85. The fraction of sp³-hybridized carbons (Fsp3) is 0.455. The molecule has 0 aliphatic heterocycles. The second kappa shape index (κ2) is 4.99.